The van der Waals surface area contributed by atoms with E-state index in [-0.39, 0.29) is 18.3 Å². The average Bonchev–Trinajstić information content (AvgIpc) is 3.72. The van der Waals surface area contributed by atoms with Gasteiger partial charge in [0.2, 0.25) is 0 Å². The Morgan fingerprint density at radius 3 is 2.31 bits per heavy atom. The van der Waals surface area contributed by atoms with Gasteiger partial charge in [0.25, 0.3) is 5.92 Å². The van der Waals surface area contributed by atoms with Gasteiger partial charge < -0.3 is 4.74 Å². The van der Waals surface area contributed by atoms with Crippen LogP contribution in [0.3, 0.4) is 0 Å². The molecule has 1 aromatic carbocycles. The van der Waals surface area contributed by atoms with Gasteiger partial charge in [0.1, 0.15) is 5.75 Å². The quantitative estimate of drug-likeness (QED) is 0.244. The Morgan fingerprint density at radius 1 is 1.03 bits per heavy atom. The van der Waals surface area contributed by atoms with E-state index in [4.69, 9.17) is 4.74 Å². The Morgan fingerprint density at radius 2 is 1.69 bits per heavy atom. The average molecular weight is 441 g/mol. The van der Waals surface area contributed by atoms with Gasteiger partial charge in [-0.1, -0.05) is 39.0 Å². The normalized spacial score (nSPS) is 28.7. The molecule has 1 heterocycles. The van der Waals surface area contributed by atoms with E-state index in [1.165, 1.54) is 32.1 Å². The Kier molecular flexibility index (Phi) is 5.30. The van der Waals surface area contributed by atoms with Gasteiger partial charge in [0.15, 0.2) is 5.82 Å². The predicted octanol–water partition coefficient (Wildman–Crippen LogP) is 6.39. The SMILES string of the molecule is CCCCCCCCc1cnc(-c2ccc(OC(=O)[C@H]3C[C@@]34C[C@@]43CC3(F)F)cc2)nc1. The molecule has 2 spiro atoms. The van der Waals surface area contributed by atoms with Crippen molar-refractivity contribution in [1.29, 1.82) is 0 Å². The third-order valence-corrected chi connectivity index (χ3v) is 7.76. The summed E-state index contributed by atoms with van der Waals surface area (Å²) >= 11 is 0. The molecule has 2 aromatic rings. The lowest BCUT2D eigenvalue weighted by Gasteiger charge is -2.06. The minimum atomic E-state index is -2.58. The number of nitrogens with zero attached hydrogens (tertiary/aromatic N) is 2. The first-order valence-corrected chi connectivity index (χ1v) is 11.9. The number of unbranched alkanes of at least 4 members (excludes halogenated alkanes) is 5. The molecule has 0 radical (unpaired) electrons. The van der Waals surface area contributed by atoms with E-state index in [0.717, 1.165) is 24.0 Å². The highest BCUT2D eigenvalue weighted by molar-refractivity contribution is 5.81. The fourth-order valence-corrected chi connectivity index (χ4v) is 5.50. The third kappa shape index (κ3) is 3.71. The largest absolute Gasteiger partial charge is 0.426 e. The van der Waals surface area contributed by atoms with Crippen LogP contribution in [0.2, 0.25) is 0 Å². The van der Waals surface area contributed by atoms with E-state index in [1.54, 1.807) is 12.1 Å². The fourth-order valence-electron chi connectivity index (χ4n) is 5.50. The molecule has 0 bridgehead atoms. The summed E-state index contributed by atoms with van der Waals surface area (Å²) in [4.78, 5) is 21.4. The number of halogens is 2. The summed E-state index contributed by atoms with van der Waals surface area (Å²) < 4.78 is 32.6. The molecule has 32 heavy (non-hydrogen) atoms. The second-order valence-electron chi connectivity index (χ2n) is 9.93. The monoisotopic (exact) mass is 440 g/mol. The highest BCUT2D eigenvalue weighted by Crippen LogP contribution is 2.95. The molecule has 5 rings (SSSR count). The van der Waals surface area contributed by atoms with E-state index in [9.17, 15) is 13.6 Å². The van der Waals surface area contributed by atoms with Crippen molar-refractivity contribution in [2.45, 2.75) is 77.1 Å². The number of hydrogen-bond donors (Lipinski definition) is 0. The summed E-state index contributed by atoms with van der Waals surface area (Å²) in [5.74, 6) is -2.27. The molecule has 3 atom stereocenters. The first-order valence-electron chi connectivity index (χ1n) is 11.9. The highest BCUT2D eigenvalue weighted by Gasteiger charge is 2.97. The van der Waals surface area contributed by atoms with E-state index in [2.05, 4.69) is 16.9 Å². The maximum atomic E-state index is 13.6. The summed E-state index contributed by atoms with van der Waals surface area (Å²) in [6, 6.07) is 7.07. The zero-order chi connectivity index (χ0) is 22.4. The minimum Gasteiger partial charge on any atom is -0.426 e. The van der Waals surface area contributed by atoms with Gasteiger partial charge in [0.05, 0.1) is 5.92 Å². The Labute approximate surface area is 187 Å². The molecule has 170 valence electrons. The van der Waals surface area contributed by atoms with Crippen molar-refractivity contribution in [3.05, 3.63) is 42.2 Å². The van der Waals surface area contributed by atoms with E-state index in [0.29, 0.717) is 24.4 Å². The lowest BCUT2D eigenvalue weighted by molar-refractivity contribution is -0.136. The molecule has 4 nitrogen and oxygen atoms in total. The zero-order valence-corrected chi connectivity index (χ0v) is 18.6. The van der Waals surface area contributed by atoms with Crippen LogP contribution in [0.5, 0.6) is 5.75 Å². The van der Waals surface area contributed by atoms with Gasteiger partial charge in [-0.05, 0) is 60.9 Å². The van der Waals surface area contributed by atoms with Crippen molar-refractivity contribution in [2.75, 3.05) is 0 Å². The maximum Gasteiger partial charge on any atom is 0.314 e. The van der Waals surface area contributed by atoms with Gasteiger partial charge in [-0.2, -0.15) is 0 Å². The smallest absolute Gasteiger partial charge is 0.314 e. The number of esters is 1. The molecule has 6 heteroatoms. The number of alkyl halides is 2. The summed E-state index contributed by atoms with van der Waals surface area (Å²) in [5, 5.41) is 0. The summed E-state index contributed by atoms with van der Waals surface area (Å²) in [5.41, 5.74) is 0.634. The number of carbonyl (C=O) groups is 1. The fraction of sp³-hybridized carbons (Fsp3) is 0.577. The lowest BCUT2D eigenvalue weighted by Crippen LogP contribution is -2.13. The second-order valence-corrected chi connectivity index (χ2v) is 9.93. The molecule has 0 saturated heterocycles. The molecular formula is C26H30F2N2O2. The summed E-state index contributed by atoms with van der Waals surface area (Å²) in [7, 11) is 0. The number of rotatable bonds is 10. The van der Waals surface area contributed by atoms with Crippen LogP contribution in [0.1, 0.15) is 70.3 Å². The van der Waals surface area contributed by atoms with Crippen molar-refractivity contribution in [1.82, 2.24) is 9.97 Å². The van der Waals surface area contributed by atoms with Crippen molar-refractivity contribution in [3.8, 4) is 17.1 Å². The second kappa shape index (κ2) is 7.89. The van der Waals surface area contributed by atoms with Crippen LogP contribution in [0.25, 0.3) is 11.4 Å². The van der Waals surface area contributed by atoms with Crippen LogP contribution in [-0.2, 0) is 11.2 Å². The topological polar surface area (TPSA) is 52.1 Å². The lowest BCUT2D eigenvalue weighted by atomic mass is 10.1. The third-order valence-electron chi connectivity index (χ3n) is 7.76. The Hall–Kier alpha value is -2.37. The predicted molar refractivity (Wildman–Crippen MR) is 117 cm³/mol. The number of hydrogen-bond acceptors (Lipinski definition) is 4. The van der Waals surface area contributed by atoms with Crippen LogP contribution >= 0.6 is 0 Å². The Balaban J connectivity index is 1.10. The van der Waals surface area contributed by atoms with Crippen molar-refractivity contribution in [2.24, 2.45) is 16.7 Å². The molecule has 3 aliphatic rings. The first kappa shape index (κ1) is 21.5. The number of benzene rings is 1. The standard InChI is InChI=1S/C26H30F2N2O2/c1-2-3-4-5-6-7-8-18-14-29-22(30-15-18)19-9-11-20(12-10-19)32-23(31)21-13-24(21)16-25(24)17-26(25,27)28/h9-12,14-15,21H,2-8,13,16-17H2,1H3/t21-,24-,25-/m1/s1. The minimum absolute atomic E-state index is 0.0593. The molecule has 3 aliphatic carbocycles. The maximum absolute atomic E-state index is 13.6. The van der Waals surface area contributed by atoms with Crippen LogP contribution in [0.15, 0.2) is 36.7 Å². The van der Waals surface area contributed by atoms with Crippen molar-refractivity contribution < 1.29 is 18.3 Å². The number of carbonyl (C=O) groups excluding carboxylic acids is 1. The number of ether oxygens (including phenoxy) is 1. The van der Waals surface area contributed by atoms with Gasteiger partial charge in [-0.15, -0.1) is 0 Å². The van der Waals surface area contributed by atoms with Gasteiger partial charge in [-0.3, -0.25) is 4.79 Å². The van der Waals surface area contributed by atoms with Gasteiger partial charge in [-0.25, -0.2) is 18.7 Å². The number of aryl methyl sites for hydroxylation is 1. The van der Waals surface area contributed by atoms with Crippen molar-refractivity contribution in [3.63, 3.8) is 0 Å². The zero-order valence-electron chi connectivity index (χ0n) is 18.6. The molecule has 1 aromatic heterocycles. The molecule has 3 fully saturated rings. The van der Waals surface area contributed by atoms with E-state index >= 15 is 0 Å². The highest BCUT2D eigenvalue weighted by atomic mass is 19.3. The Bertz CT molecular complexity index is 992. The van der Waals surface area contributed by atoms with Crippen LogP contribution in [0.4, 0.5) is 8.78 Å². The van der Waals surface area contributed by atoms with E-state index in [1.807, 2.05) is 24.5 Å². The first-order chi connectivity index (χ1) is 15.4. The molecule has 3 saturated carbocycles. The van der Waals surface area contributed by atoms with Crippen LogP contribution in [-0.4, -0.2) is 21.9 Å². The van der Waals surface area contributed by atoms with Crippen molar-refractivity contribution >= 4 is 5.97 Å². The summed E-state index contributed by atoms with van der Waals surface area (Å²) in [6.07, 6.45) is 13.3. The molecule has 0 N–H and O–H groups in total. The van der Waals surface area contributed by atoms with Crippen LogP contribution < -0.4 is 4.74 Å². The summed E-state index contributed by atoms with van der Waals surface area (Å²) in [6.45, 7) is 2.23. The number of aromatic nitrogens is 2. The molecular weight excluding hydrogens is 410 g/mol. The van der Waals surface area contributed by atoms with Crippen LogP contribution in [0, 0.1) is 16.7 Å². The van der Waals surface area contributed by atoms with E-state index < -0.39 is 16.8 Å². The van der Waals surface area contributed by atoms with Gasteiger partial charge in [0, 0.05) is 29.8 Å². The molecule has 0 aliphatic heterocycles. The number of fused-ring (bicyclic) bond motifs is 1. The molecule has 0 unspecified atom stereocenters. The van der Waals surface area contributed by atoms with Gasteiger partial charge >= 0.3 is 5.97 Å². The molecule has 0 amide bonds.